The second-order valence-corrected chi connectivity index (χ2v) is 10.3. The molecule has 184 valence electrons. The smallest absolute Gasteiger partial charge is 0.341 e. The van der Waals surface area contributed by atoms with E-state index in [1.165, 1.54) is 4.88 Å². The lowest BCUT2D eigenvalue weighted by Gasteiger charge is -2.38. The van der Waals surface area contributed by atoms with Gasteiger partial charge in [0, 0.05) is 36.7 Å². The van der Waals surface area contributed by atoms with Crippen molar-refractivity contribution >= 4 is 33.9 Å². The summed E-state index contributed by atoms with van der Waals surface area (Å²) in [5.41, 5.74) is 2.80. The second kappa shape index (κ2) is 10.8. The van der Waals surface area contributed by atoms with Crippen LogP contribution in [-0.2, 0) is 22.4 Å². The van der Waals surface area contributed by atoms with Gasteiger partial charge < -0.3 is 19.7 Å². The monoisotopic (exact) mass is 485 g/mol. The molecular formula is C26H35N3O4S. The van der Waals surface area contributed by atoms with E-state index in [-0.39, 0.29) is 17.9 Å². The number of carbonyl (C=O) groups is 2. The van der Waals surface area contributed by atoms with Crippen LogP contribution in [0.3, 0.4) is 0 Å². The number of nitrogens with zero attached hydrogens (tertiary/aromatic N) is 2. The highest BCUT2D eigenvalue weighted by Gasteiger charge is 2.31. The van der Waals surface area contributed by atoms with E-state index in [1.807, 2.05) is 26.0 Å². The molecule has 1 saturated heterocycles. The maximum atomic E-state index is 13.2. The van der Waals surface area contributed by atoms with Crippen molar-refractivity contribution in [2.75, 3.05) is 50.1 Å². The standard InChI is InChI=1S/C26H35N3O4S/c1-5-33-26(31)23-21-11-6-17(2)16-22(21)34-25(23)27-24(30)18(3)28-12-14-29(15-13-28)19-7-9-20(32-4)10-8-19/h7-10,17-18H,5-6,11-16H2,1-4H3,(H,27,30)/t17-,18-/m0/s1. The molecular weight excluding hydrogens is 450 g/mol. The number of thiophene rings is 1. The molecule has 1 aromatic heterocycles. The number of esters is 1. The molecule has 0 bridgehead atoms. The highest BCUT2D eigenvalue weighted by atomic mass is 32.1. The summed E-state index contributed by atoms with van der Waals surface area (Å²) in [6.07, 6.45) is 2.86. The molecule has 8 heteroatoms. The summed E-state index contributed by atoms with van der Waals surface area (Å²) in [6.45, 7) is 9.60. The first-order chi connectivity index (χ1) is 16.4. The summed E-state index contributed by atoms with van der Waals surface area (Å²) < 4.78 is 10.6. The van der Waals surface area contributed by atoms with Crippen molar-refractivity contribution in [2.24, 2.45) is 5.92 Å². The van der Waals surface area contributed by atoms with Crippen LogP contribution in [0.1, 0.15) is 48.0 Å². The lowest BCUT2D eigenvalue weighted by atomic mass is 9.88. The first kappa shape index (κ1) is 24.5. The number of piperazine rings is 1. The Morgan fingerprint density at radius 3 is 2.53 bits per heavy atom. The number of ether oxygens (including phenoxy) is 2. The molecule has 34 heavy (non-hydrogen) atoms. The van der Waals surface area contributed by atoms with Gasteiger partial charge in [0.15, 0.2) is 0 Å². The molecule has 2 aliphatic rings. The third-order valence-electron chi connectivity index (χ3n) is 6.91. The van der Waals surface area contributed by atoms with Crippen molar-refractivity contribution in [3.8, 4) is 5.75 Å². The Morgan fingerprint density at radius 1 is 1.18 bits per heavy atom. The molecule has 2 aromatic rings. The van der Waals surface area contributed by atoms with Crippen molar-refractivity contribution in [1.82, 2.24) is 4.90 Å². The number of nitrogens with one attached hydrogen (secondary N) is 1. The molecule has 1 amide bonds. The van der Waals surface area contributed by atoms with E-state index in [1.54, 1.807) is 18.4 Å². The van der Waals surface area contributed by atoms with Crippen LogP contribution in [0.25, 0.3) is 0 Å². The van der Waals surface area contributed by atoms with Gasteiger partial charge in [-0.15, -0.1) is 11.3 Å². The van der Waals surface area contributed by atoms with Gasteiger partial charge in [-0.2, -0.15) is 0 Å². The lowest BCUT2D eigenvalue weighted by molar-refractivity contribution is -0.120. The Hall–Kier alpha value is -2.58. The van der Waals surface area contributed by atoms with Crippen molar-refractivity contribution in [1.29, 1.82) is 0 Å². The summed E-state index contributed by atoms with van der Waals surface area (Å²) >= 11 is 1.54. The number of benzene rings is 1. The summed E-state index contributed by atoms with van der Waals surface area (Å²) in [7, 11) is 1.67. The first-order valence-corrected chi connectivity index (χ1v) is 13.0. The summed E-state index contributed by atoms with van der Waals surface area (Å²) in [4.78, 5) is 31.7. The Kier molecular flexibility index (Phi) is 7.78. The number of anilines is 2. The number of amides is 1. The molecule has 2 atom stereocenters. The third kappa shape index (κ3) is 5.23. The average molecular weight is 486 g/mol. The minimum Gasteiger partial charge on any atom is -0.497 e. The molecule has 1 aliphatic carbocycles. The maximum Gasteiger partial charge on any atom is 0.341 e. The van der Waals surface area contributed by atoms with Gasteiger partial charge in [-0.1, -0.05) is 6.92 Å². The molecule has 7 nitrogen and oxygen atoms in total. The van der Waals surface area contributed by atoms with Gasteiger partial charge in [0.05, 0.1) is 25.3 Å². The minimum atomic E-state index is -0.328. The van der Waals surface area contributed by atoms with Gasteiger partial charge in [-0.3, -0.25) is 9.69 Å². The molecule has 1 N–H and O–H groups in total. The van der Waals surface area contributed by atoms with Crippen molar-refractivity contribution in [2.45, 2.75) is 46.1 Å². The summed E-state index contributed by atoms with van der Waals surface area (Å²) in [6, 6.07) is 7.80. The Balaban J connectivity index is 1.41. The largest absolute Gasteiger partial charge is 0.497 e. The predicted octanol–water partition coefficient (Wildman–Crippen LogP) is 4.21. The van der Waals surface area contributed by atoms with Crippen molar-refractivity contribution < 1.29 is 19.1 Å². The zero-order valence-corrected chi connectivity index (χ0v) is 21.4. The summed E-state index contributed by atoms with van der Waals surface area (Å²) in [5, 5.41) is 3.73. The SMILES string of the molecule is CCOC(=O)c1c(NC(=O)[C@H](C)N2CCN(c3ccc(OC)cc3)CC2)sc2c1CC[C@H](C)C2. The number of hydrogen-bond acceptors (Lipinski definition) is 7. The van der Waals surface area contributed by atoms with E-state index in [0.29, 0.717) is 23.1 Å². The molecule has 0 unspecified atom stereocenters. The van der Waals surface area contributed by atoms with Crippen LogP contribution in [0, 0.1) is 5.92 Å². The maximum absolute atomic E-state index is 13.2. The highest BCUT2D eigenvalue weighted by Crippen LogP contribution is 2.40. The van der Waals surface area contributed by atoms with Crippen molar-refractivity contribution in [3.63, 3.8) is 0 Å². The van der Waals surface area contributed by atoms with Gasteiger partial charge in [-0.25, -0.2) is 4.79 Å². The lowest BCUT2D eigenvalue weighted by Crippen LogP contribution is -2.52. The molecule has 0 spiro atoms. The van der Waals surface area contributed by atoms with E-state index < -0.39 is 0 Å². The van der Waals surface area contributed by atoms with Gasteiger partial charge >= 0.3 is 5.97 Å². The Morgan fingerprint density at radius 2 is 1.88 bits per heavy atom. The third-order valence-corrected chi connectivity index (χ3v) is 8.08. The number of fused-ring (bicyclic) bond motifs is 1. The fourth-order valence-corrected chi connectivity index (χ4v) is 6.20. The normalized spacial score (nSPS) is 19.3. The fraction of sp³-hybridized carbons (Fsp3) is 0.538. The van der Waals surface area contributed by atoms with Crippen LogP contribution < -0.4 is 15.0 Å². The van der Waals surface area contributed by atoms with E-state index in [0.717, 1.165) is 62.4 Å². The zero-order valence-electron chi connectivity index (χ0n) is 20.6. The predicted molar refractivity (Wildman–Crippen MR) is 136 cm³/mol. The molecule has 1 aliphatic heterocycles. The van der Waals surface area contributed by atoms with Crippen LogP contribution in [-0.4, -0.2) is 62.7 Å². The average Bonchev–Trinajstić information content (AvgIpc) is 3.20. The second-order valence-electron chi connectivity index (χ2n) is 9.16. The number of carbonyl (C=O) groups excluding carboxylic acids is 2. The highest BCUT2D eigenvalue weighted by molar-refractivity contribution is 7.17. The Bertz CT molecular complexity index is 1010. The van der Waals surface area contributed by atoms with Gasteiger partial charge in [0.1, 0.15) is 10.8 Å². The molecule has 0 saturated carbocycles. The first-order valence-electron chi connectivity index (χ1n) is 12.2. The number of hydrogen-bond donors (Lipinski definition) is 1. The van der Waals surface area contributed by atoms with E-state index in [9.17, 15) is 9.59 Å². The summed E-state index contributed by atoms with van der Waals surface area (Å²) in [5.74, 6) is 1.03. The van der Waals surface area contributed by atoms with Crippen LogP contribution >= 0.6 is 11.3 Å². The fourth-order valence-electron chi connectivity index (χ4n) is 4.80. The quantitative estimate of drug-likeness (QED) is 0.593. The van der Waals surface area contributed by atoms with Crippen LogP contribution in [0.5, 0.6) is 5.75 Å². The van der Waals surface area contributed by atoms with E-state index in [4.69, 9.17) is 9.47 Å². The molecule has 1 fully saturated rings. The van der Waals surface area contributed by atoms with Crippen LogP contribution in [0.4, 0.5) is 10.7 Å². The molecule has 4 rings (SSSR count). The van der Waals surface area contributed by atoms with Gasteiger partial charge in [0.25, 0.3) is 0 Å². The number of rotatable bonds is 7. The van der Waals surface area contributed by atoms with E-state index in [2.05, 4.69) is 34.2 Å². The van der Waals surface area contributed by atoms with Gasteiger partial charge in [0.2, 0.25) is 5.91 Å². The molecule has 0 radical (unpaired) electrons. The molecule has 2 heterocycles. The van der Waals surface area contributed by atoms with E-state index >= 15 is 0 Å². The Labute approximate surface area is 206 Å². The van der Waals surface area contributed by atoms with Gasteiger partial charge in [-0.05, 0) is 68.9 Å². The topological polar surface area (TPSA) is 71.1 Å². The minimum absolute atomic E-state index is 0.0740. The zero-order chi connectivity index (χ0) is 24.2. The molecule has 1 aromatic carbocycles. The number of methoxy groups -OCH3 is 1. The van der Waals surface area contributed by atoms with Crippen LogP contribution in [0.15, 0.2) is 24.3 Å². The van der Waals surface area contributed by atoms with Crippen molar-refractivity contribution in [3.05, 3.63) is 40.3 Å². The van der Waals surface area contributed by atoms with Crippen LogP contribution in [0.2, 0.25) is 0 Å².